The lowest BCUT2D eigenvalue weighted by molar-refractivity contribution is -0.192. The third-order valence-electron chi connectivity index (χ3n) is 4.68. The Morgan fingerprint density at radius 1 is 1.38 bits per heavy atom. The Hall–Kier alpha value is -1.80. The summed E-state index contributed by atoms with van der Waals surface area (Å²) in [6.07, 6.45) is -1.64. The van der Waals surface area contributed by atoms with Gasteiger partial charge in [0.15, 0.2) is 0 Å². The molecule has 0 radical (unpaired) electrons. The zero-order valence-electron chi connectivity index (χ0n) is 14.7. The second-order valence-corrected chi connectivity index (χ2v) is 6.48. The highest BCUT2D eigenvalue weighted by molar-refractivity contribution is 5.73. The molecule has 2 aliphatic heterocycles. The lowest BCUT2D eigenvalue weighted by atomic mass is 10.0. The first-order chi connectivity index (χ1) is 12.3. The van der Waals surface area contributed by atoms with Gasteiger partial charge in [0, 0.05) is 19.0 Å². The van der Waals surface area contributed by atoms with E-state index in [0.29, 0.717) is 6.04 Å². The molecule has 1 fully saturated rings. The third kappa shape index (κ3) is 5.88. The molecule has 8 heteroatoms. The molecule has 0 unspecified atom stereocenters. The number of aliphatic carboxylic acids is 1. The number of carboxylic acids is 1. The molecule has 0 bridgehead atoms. The number of carboxylic acid groups (broad SMARTS) is 1. The van der Waals surface area contributed by atoms with Crippen molar-refractivity contribution < 1.29 is 27.8 Å². The highest BCUT2D eigenvalue weighted by Gasteiger charge is 2.38. The molecule has 0 spiro atoms. The summed E-state index contributed by atoms with van der Waals surface area (Å²) in [4.78, 5) is 8.90. The van der Waals surface area contributed by atoms with E-state index in [1.54, 1.807) is 0 Å². The molecule has 26 heavy (non-hydrogen) atoms. The van der Waals surface area contributed by atoms with Gasteiger partial charge in [-0.1, -0.05) is 25.5 Å². The van der Waals surface area contributed by atoms with Crippen molar-refractivity contribution >= 4 is 5.97 Å². The van der Waals surface area contributed by atoms with E-state index in [-0.39, 0.29) is 0 Å². The van der Waals surface area contributed by atoms with Crippen molar-refractivity contribution in [2.45, 2.75) is 38.4 Å². The highest BCUT2D eigenvalue weighted by atomic mass is 19.4. The van der Waals surface area contributed by atoms with Gasteiger partial charge < -0.3 is 20.5 Å². The van der Waals surface area contributed by atoms with Crippen LogP contribution in [0.15, 0.2) is 18.2 Å². The van der Waals surface area contributed by atoms with Gasteiger partial charge in [0.1, 0.15) is 5.75 Å². The van der Waals surface area contributed by atoms with Crippen LogP contribution in [0.2, 0.25) is 0 Å². The molecular weight excluding hydrogens is 349 g/mol. The second kappa shape index (κ2) is 9.23. The van der Waals surface area contributed by atoms with Gasteiger partial charge in [-0.15, -0.1) is 0 Å². The van der Waals surface area contributed by atoms with E-state index in [1.165, 1.54) is 24.1 Å². The fourth-order valence-corrected chi connectivity index (χ4v) is 3.20. The summed E-state index contributed by atoms with van der Waals surface area (Å²) >= 11 is 0. The van der Waals surface area contributed by atoms with E-state index in [4.69, 9.17) is 14.6 Å². The molecule has 3 rings (SSSR count). The van der Waals surface area contributed by atoms with Crippen LogP contribution < -0.4 is 15.4 Å². The number of fused-ring (bicyclic) bond motifs is 1. The fourth-order valence-electron chi connectivity index (χ4n) is 3.20. The molecule has 0 aromatic heterocycles. The molecule has 0 amide bonds. The molecule has 1 aromatic rings. The quantitative estimate of drug-likeness (QED) is 0.738. The fraction of sp³-hybridized carbons (Fsp3) is 0.611. The number of hydrogen-bond donors (Lipinski definition) is 3. The Labute approximate surface area is 150 Å². The Bertz CT molecular complexity index is 608. The average Bonchev–Trinajstić information content (AvgIpc) is 3.22. The number of benzene rings is 1. The number of nitrogens with one attached hydrogen (secondary N) is 2. The van der Waals surface area contributed by atoms with Crippen LogP contribution >= 0.6 is 0 Å². The summed E-state index contributed by atoms with van der Waals surface area (Å²) in [6, 6.07) is 7.30. The second-order valence-electron chi connectivity index (χ2n) is 6.48. The van der Waals surface area contributed by atoms with Crippen molar-refractivity contribution in [3.8, 4) is 5.75 Å². The van der Waals surface area contributed by atoms with Crippen molar-refractivity contribution in [1.29, 1.82) is 0 Å². The maximum absolute atomic E-state index is 10.6. The monoisotopic (exact) mass is 374 g/mol. The third-order valence-corrected chi connectivity index (χ3v) is 4.68. The van der Waals surface area contributed by atoms with Crippen LogP contribution in [0.5, 0.6) is 5.75 Å². The summed E-state index contributed by atoms with van der Waals surface area (Å²) in [5.41, 5.74) is 2.81. The van der Waals surface area contributed by atoms with Crippen LogP contribution in [0.3, 0.4) is 0 Å². The minimum Gasteiger partial charge on any atom is -0.493 e. The molecule has 2 atom stereocenters. The summed E-state index contributed by atoms with van der Waals surface area (Å²) in [5.74, 6) is -0.872. The van der Waals surface area contributed by atoms with E-state index >= 15 is 0 Å². The summed E-state index contributed by atoms with van der Waals surface area (Å²) < 4.78 is 37.3. The number of halogens is 3. The predicted octanol–water partition coefficient (Wildman–Crippen LogP) is 2.38. The normalized spacial score (nSPS) is 21.5. The maximum atomic E-state index is 10.6. The number of ether oxygens (including phenoxy) is 1. The topological polar surface area (TPSA) is 70.6 Å². The summed E-state index contributed by atoms with van der Waals surface area (Å²) in [5, 5.41) is 14.3. The SMILES string of the molecule is CC[C@@H]1CNC[C@@H]1NCCc1ccc2c(c1)CCO2.O=C(O)C(F)(F)F. The molecule has 0 saturated carbocycles. The number of hydrogen-bond acceptors (Lipinski definition) is 4. The first-order valence-electron chi connectivity index (χ1n) is 8.80. The molecule has 1 aromatic carbocycles. The van der Waals surface area contributed by atoms with Crippen molar-refractivity contribution in [3.05, 3.63) is 29.3 Å². The number of alkyl halides is 3. The van der Waals surface area contributed by atoms with Crippen molar-refractivity contribution in [1.82, 2.24) is 10.6 Å². The standard InChI is InChI=1S/C16H24N2O.C2HF3O2/c1-2-13-10-17-11-15(13)18-7-5-12-3-4-16-14(9-12)6-8-19-16;3-2(4,5)1(6)7/h3-4,9,13,15,17-18H,2,5-8,10-11H2,1H3;(H,6,7)/t13-,15+;/m1./s1. The van der Waals surface area contributed by atoms with E-state index in [0.717, 1.165) is 44.2 Å². The number of carbonyl (C=O) groups is 1. The molecule has 2 heterocycles. The van der Waals surface area contributed by atoms with E-state index in [2.05, 4.69) is 35.8 Å². The molecule has 2 aliphatic rings. The van der Waals surface area contributed by atoms with Crippen LogP contribution in [0, 0.1) is 5.92 Å². The zero-order valence-corrected chi connectivity index (χ0v) is 14.7. The summed E-state index contributed by atoms with van der Waals surface area (Å²) in [7, 11) is 0. The maximum Gasteiger partial charge on any atom is 0.490 e. The smallest absolute Gasteiger partial charge is 0.490 e. The lowest BCUT2D eigenvalue weighted by Gasteiger charge is -2.18. The Morgan fingerprint density at radius 2 is 2.12 bits per heavy atom. The van der Waals surface area contributed by atoms with Crippen LogP contribution in [0.4, 0.5) is 13.2 Å². The van der Waals surface area contributed by atoms with Crippen molar-refractivity contribution in [2.75, 3.05) is 26.2 Å². The van der Waals surface area contributed by atoms with Crippen molar-refractivity contribution in [2.24, 2.45) is 5.92 Å². The van der Waals surface area contributed by atoms with Gasteiger partial charge in [-0.05, 0) is 42.6 Å². The Morgan fingerprint density at radius 3 is 2.77 bits per heavy atom. The van der Waals surface area contributed by atoms with Crippen molar-refractivity contribution in [3.63, 3.8) is 0 Å². The van der Waals surface area contributed by atoms with Gasteiger partial charge >= 0.3 is 12.1 Å². The first kappa shape index (κ1) is 20.5. The van der Waals surface area contributed by atoms with Gasteiger partial charge in [0.05, 0.1) is 6.61 Å². The molecule has 0 aliphatic carbocycles. The Balaban J connectivity index is 0.000000298. The lowest BCUT2D eigenvalue weighted by Crippen LogP contribution is -2.37. The molecule has 3 N–H and O–H groups in total. The zero-order chi connectivity index (χ0) is 19.2. The van der Waals surface area contributed by atoms with Gasteiger partial charge in [-0.3, -0.25) is 0 Å². The largest absolute Gasteiger partial charge is 0.493 e. The molecular formula is C18H25F3N2O3. The minimum atomic E-state index is -5.08. The van der Waals surface area contributed by atoms with E-state index in [1.807, 2.05) is 0 Å². The summed E-state index contributed by atoms with van der Waals surface area (Å²) in [6.45, 7) is 6.50. The molecule has 1 saturated heterocycles. The van der Waals surface area contributed by atoms with E-state index in [9.17, 15) is 13.2 Å². The molecule has 5 nitrogen and oxygen atoms in total. The highest BCUT2D eigenvalue weighted by Crippen LogP contribution is 2.26. The first-order valence-corrected chi connectivity index (χ1v) is 8.80. The van der Waals surface area contributed by atoms with Crippen LogP contribution in [0.1, 0.15) is 24.5 Å². The van der Waals surface area contributed by atoms with Gasteiger partial charge in [0.25, 0.3) is 0 Å². The molecule has 146 valence electrons. The average molecular weight is 374 g/mol. The van der Waals surface area contributed by atoms with Crippen LogP contribution in [-0.4, -0.2) is 49.5 Å². The Kier molecular flexibility index (Phi) is 7.28. The van der Waals surface area contributed by atoms with E-state index < -0.39 is 12.1 Å². The van der Waals surface area contributed by atoms with Gasteiger partial charge in [-0.2, -0.15) is 13.2 Å². The minimum absolute atomic E-state index is 0.655. The van der Waals surface area contributed by atoms with Crippen LogP contribution in [-0.2, 0) is 17.6 Å². The van der Waals surface area contributed by atoms with Crippen LogP contribution in [0.25, 0.3) is 0 Å². The predicted molar refractivity (Wildman–Crippen MR) is 91.5 cm³/mol. The van der Waals surface area contributed by atoms with Gasteiger partial charge in [-0.25, -0.2) is 4.79 Å². The number of rotatable bonds is 5. The van der Waals surface area contributed by atoms with Gasteiger partial charge in [0.2, 0.25) is 0 Å².